The Hall–Kier alpha value is -1.80. The molecule has 0 fully saturated rings. The molecule has 0 atom stereocenters. The fraction of sp³-hybridized carbons (Fsp3) is 0.250. The molecule has 0 spiro atoms. The number of phenolic OH excluding ortho intramolecular Hbond substituents is 1. The zero-order valence-corrected chi connectivity index (χ0v) is 10.7. The van der Waals surface area contributed by atoms with Crippen LogP contribution in [-0.2, 0) is 6.61 Å². The van der Waals surface area contributed by atoms with Gasteiger partial charge in [-0.3, -0.25) is 0 Å². The van der Waals surface area contributed by atoms with Crippen molar-refractivity contribution in [3.05, 3.63) is 53.6 Å². The maximum atomic E-state index is 9.97. The van der Waals surface area contributed by atoms with Crippen molar-refractivity contribution in [2.45, 2.75) is 26.4 Å². The minimum absolute atomic E-state index is 0.0129. The molecular formula is C16H18O2. The number of aromatic hydroxyl groups is 1. The van der Waals surface area contributed by atoms with E-state index in [4.69, 9.17) is 0 Å². The van der Waals surface area contributed by atoms with Crippen molar-refractivity contribution in [1.82, 2.24) is 0 Å². The Balaban J connectivity index is 2.64. The molecule has 2 heteroatoms. The van der Waals surface area contributed by atoms with E-state index >= 15 is 0 Å². The molecule has 0 unspecified atom stereocenters. The van der Waals surface area contributed by atoms with Crippen LogP contribution >= 0.6 is 0 Å². The standard InChI is InChI=1S/C16H18O2/c1-11(2)13-8-7-12(10-17)9-15(13)14-5-3-4-6-16(14)18/h3-9,11,17-18H,10H2,1-2H3. The first-order valence-corrected chi connectivity index (χ1v) is 6.15. The number of phenols is 1. The zero-order valence-electron chi connectivity index (χ0n) is 10.7. The molecule has 2 rings (SSSR count). The van der Waals surface area contributed by atoms with Crippen LogP contribution in [0.3, 0.4) is 0 Å². The number of aliphatic hydroxyl groups excluding tert-OH is 1. The van der Waals surface area contributed by atoms with E-state index in [9.17, 15) is 10.2 Å². The number of rotatable bonds is 3. The van der Waals surface area contributed by atoms with Gasteiger partial charge in [-0.25, -0.2) is 0 Å². The van der Waals surface area contributed by atoms with Gasteiger partial charge in [0.2, 0.25) is 0 Å². The molecule has 0 saturated heterocycles. The Morgan fingerprint density at radius 3 is 2.33 bits per heavy atom. The molecule has 0 aliphatic heterocycles. The van der Waals surface area contributed by atoms with E-state index < -0.39 is 0 Å². The van der Waals surface area contributed by atoms with Crippen LogP contribution in [-0.4, -0.2) is 10.2 Å². The summed E-state index contributed by atoms with van der Waals surface area (Å²) in [6.07, 6.45) is 0. The molecular weight excluding hydrogens is 224 g/mol. The van der Waals surface area contributed by atoms with E-state index in [1.165, 1.54) is 5.56 Å². The van der Waals surface area contributed by atoms with Crippen molar-refractivity contribution in [3.63, 3.8) is 0 Å². The third-order valence-corrected chi connectivity index (χ3v) is 3.12. The average Bonchev–Trinajstić information content (AvgIpc) is 2.38. The molecule has 0 aromatic heterocycles. The van der Waals surface area contributed by atoms with Gasteiger partial charge in [-0.2, -0.15) is 0 Å². The fourth-order valence-corrected chi connectivity index (χ4v) is 2.14. The number of benzene rings is 2. The summed E-state index contributed by atoms with van der Waals surface area (Å²) in [4.78, 5) is 0. The highest BCUT2D eigenvalue weighted by Crippen LogP contribution is 2.35. The molecule has 0 aliphatic rings. The van der Waals surface area contributed by atoms with Crippen molar-refractivity contribution in [1.29, 1.82) is 0 Å². The summed E-state index contributed by atoms with van der Waals surface area (Å²) in [5, 5.41) is 19.2. The summed E-state index contributed by atoms with van der Waals surface area (Å²) < 4.78 is 0. The summed E-state index contributed by atoms with van der Waals surface area (Å²) in [5.41, 5.74) is 3.84. The smallest absolute Gasteiger partial charge is 0.123 e. The fourth-order valence-electron chi connectivity index (χ4n) is 2.14. The molecule has 2 aromatic carbocycles. The highest BCUT2D eigenvalue weighted by molar-refractivity contribution is 5.74. The number of para-hydroxylation sites is 1. The van der Waals surface area contributed by atoms with Gasteiger partial charge in [-0.05, 0) is 34.7 Å². The Bertz CT molecular complexity index is 545. The third-order valence-electron chi connectivity index (χ3n) is 3.12. The van der Waals surface area contributed by atoms with Gasteiger partial charge in [-0.1, -0.05) is 44.2 Å². The summed E-state index contributed by atoms with van der Waals surface area (Å²) in [5.74, 6) is 0.641. The topological polar surface area (TPSA) is 40.5 Å². The third kappa shape index (κ3) is 2.39. The van der Waals surface area contributed by atoms with Crippen LogP contribution in [0.4, 0.5) is 0 Å². The highest BCUT2D eigenvalue weighted by Gasteiger charge is 2.12. The molecule has 0 heterocycles. The van der Waals surface area contributed by atoms with Crippen molar-refractivity contribution in [2.75, 3.05) is 0 Å². The molecule has 0 amide bonds. The predicted octanol–water partition coefficient (Wildman–Crippen LogP) is 3.67. The molecule has 18 heavy (non-hydrogen) atoms. The average molecular weight is 242 g/mol. The maximum Gasteiger partial charge on any atom is 0.123 e. The van der Waals surface area contributed by atoms with E-state index in [0.717, 1.165) is 16.7 Å². The zero-order chi connectivity index (χ0) is 13.1. The Morgan fingerprint density at radius 1 is 1.00 bits per heavy atom. The van der Waals surface area contributed by atoms with E-state index in [2.05, 4.69) is 13.8 Å². The second kappa shape index (κ2) is 5.23. The second-order valence-electron chi connectivity index (χ2n) is 4.75. The number of hydrogen-bond acceptors (Lipinski definition) is 2. The summed E-state index contributed by atoms with van der Waals surface area (Å²) in [7, 11) is 0. The van der Waals surface area contributed by atoms with Crippen LogP contribution in [0.1, 0.15) is 30.9 Å². The number of aliphatic hydroxyl groups is 1. The lowest BCUT2D eigenvalue weighted by molar-refractivity contribution is 0.282. The van der Waals surface area contributed by atoms with Crippen LogP contribution in [0.15, 0.2) is 42.5 Å². The van der Waals surface area contributed by atoms with Gasteiger partial charge in [0.1, 0.15) is 5.75 Å². The molecule has 0 saturated carbocycles. The predicted molar refractivity (Wildman–Crippen MR) is 73.6 cm³/mol. The van der Waals surface area contributed by atoms with Gasteiger partial charge in [-0.15, -0.1) is 0 Å². The summed E-state index contributed by atoms with van der Waals surface area (Å²) in [6, 6.07) is 13.2. The van der Waals surface area contributed by atoms with Gasteiger partial charge < -0.3 is 10.2 Å². The first-order chi connectivity index (χ1) is 8.63. The summed E-state index contributed by atoms with van der Waals surface area (Å²) in [6.45, 7) is 4.26. The Labute approximate surface area is 108 Å². The maximum absolute atomic E-state index is 9.97. The first-order valence-electron chi connectivity index (χ1n) is 6.15. The van der Waals surface area contributed by atoms with Gasteiger partial charge in [0.05, 0.1) is 6.61 Å². The van der Waals surface area contributed by atoms with E-state index in [-0.39, 0.29) is 12.4 Å². The minimum atomic E-state index is 0.0129. The van der Waals surface area contributed by atoms with Crippen LogP contribution < -0.4 is 0 Å². The lowest BCUT2D eigenvalue weighted by Gasteiger charge is -2.15. The molecule has 0 bridgehead atoms. The van der Waals surface area contributed by atoms with Gasteiger partial charge in [0, 0.05) is 5.56 Å². The Morgan fingerprint density at radius 2 is 1.72 bits per heavy atom. The van der Waals surface area contributed by atoms with Gasteiger partial charge >= 0.3 is 0 Å². The van der Waals surface area contributed by atoms with Crippen molar-refractivity contribution >= 4 is 0 Å². The largest absolute Gasteiger partial charge is 0.507 e. The normalized spacial score (nSPS) is 10.9. The van der Waals surface area contributed by atoms with E-state index in [1.807, 2.05) is 36.4 Å². The lowest BCUT2D eigenvalue weighted by Crippen LogP contribution is -1.95. The van der Waals surface area contributed by atoms with E-state index in [1.54, 1.807) is 6.07 Å². The van der Waals surface area contributed by atoms with Crippen LogP contribution in [0.2, 0.25) is 0 Å². The SMILES string of the molecule is CC(C)c1ccc(CO)cc1-c1ccccc1O. The monoisotopic (exact) mass is 242 g/mol. The van der Waals surface area contributed by atoms with Crippen molar-refractivity contribution < 1.29 is 10.2 Å². The van der Waals surface area contributed by atoms with Crippen LogP contribution in [0.25, 0.3) is 11.1 Å². The van der Waals surface area contributed by atoms with Gasteiger partial charge in [0.25, 0.3) is 0 Å². The number of hydrogen-bond donors (Lipinski definition) is 2. The highest BCUT2D eigenvalue weighted by atomic mass is 16.3. The molecule has 0 aliphatic carbocycles. The lowest BCUT2D eigenvalue weighted by atomic mass is 9.91. The molecule has 2 nitrogen and oxygen atoms in total. The Kier molecular flexibility index (Phi) is 3.68. The first kappa shape index (κ1) is 12.7. The van der Waals surface area contributed by atoms with Crippen molar-refractivity contribution in [2.24, 2.45) is 0 Å². The molecule has 2 N–H and O–H groups in total. The molecule has 94 valence electrons. The van der Waals surface area contributed by atoms with Gasteiger partial charge in [0.15, 0.2) is 0 Å². The van der Waals surface area contributed by atoms with Crippen LogP contribution in [0, 0.1) is 0 Å². The molecule has 0 radical (unpaired) electrons. The van der Waals surface area contributed by atoms with Crippen LogP contribution in [0.5, 0.6) is 5.75 Å². The van der Waals surface area contributed by atoms with Crippen molar-refractivity contribution in [3.8, 4) is 16.9 Å². The quantitative estimate of drug-likeness (QED) is 0.862. The minimum Gasteiger partial charge on any atom is -0.507 e. The summed E-state index contributed by atoms with van der Waals surface area (Å²) >= 11 is 0. The van der Waals surface area contributed by atoms with E-state index in [0.29, 0.717) is 5.92 Å². The molecule has 2 aromatic rings. The second-order valence-corrected chi connectivity index (χ2v) is 4.75.